The van der Waals surface area contributed by atoms with E-state index in [4.69, 9.17) is 9.47 Å². The lowest BCUT2D eigenvalue weighted by molar-refractivity contribution is -0.166. The average Bonchev–Trinajstić information content (AvgIpc) is 3.37. The van der Waals surface area contributed by atoms with Crippen LogP contribution in [0.2, 0.25) is 0 Å². The van der Waals surface area contributed by atoms with Crippen LogP contribution >= 0.6 is 0 Å². The summed E-state index contributed by atoms with van der Waals surface area (Å²) in [5, 5.41) is 23.6. The number of Topliss-reactive ketones (excluding diaryl/α,β-unsaturated/α-hetero) is 1. The van der Waals surface area contributed by atoms with Gasteiger partial charge in [0.15, 0.2) is 5.78 Å². The lowest BCUT2D eigenvalue weighted by Gasteiger charge is -2.46. The molecule has 0 aromatic heterocycles. The molecule has 1 spiro atoms. The van der Waals surface area contributed by atoms with Gasteiger partial charge < -0.3 is 19.7 Å². The summed E-state index contributed by atoms with van der Waals surface area (Å²) in [6, 6.07) is 0. The fraction of sp³-hybridized carbons (Fsp3) is 0.743. The molecule has 4 aliphatic rings. The van der Waals surface area contributed by atoms with Gasteiger partial charge in [-0.15, -0.1) is 0 Å². The van der Waals surface area contributed by atoms with Crippen molar-refractivity contribution < 1.29 is 34.1 Å². The number of hydrogen-bond donors (Lipinski definition) is 2. The van der Waals surface area contributed by atoms with Gasteiger partial charge in [0, 0.05) is 35.7 Å². The summed E-state index contributed by atoms with van der Waals surface area (Å²) in [7, 11) is 0. The standard InChI is InChI=1S/C35H52O7/c1-8-10-11-12-13-14-15-16-27(36)42-35-19-24(5)33-18-23(4)29(37)34(33,40)20-25(21-41-31(39)22(3)9-2)17-26(30(33)38)28(35)32(35,6)7/h9,17-18,24,26,28-29,37,40H,8,10-16,19-21H2,1-7H3/b22-9-/t24-,26+,28-,29?,33?,34?,35+/m1/s1. The SMILES string of the molecule is C/C=C(/C)C(=O)OCC1=C[C@@H]2C(=O)C3(C=C(C)C(O)C3(O)C1)[C@H](C)C[C@]1(OC(=O)CCCCCCCCC)[C@H]2C1(C)C. The molecule has 3 unspecified atom stereocenters. The largest absolute Gasteiger partial charge is 0.458 e. The van der Waals surface area contributed by atoms with Crippen molar-refractivity contribution in [3.63, 3.8) is 0 Å². The second-order valence-corrected chi connectivity index (χ2v) is 14.1. The van der Waals surface area contributed by atoms with Gasteiger partial charge in [0.25, 0.3) is 0 Å². The van der Waals surface area contributed by atoms with Crippen LogP contribution in [0.1, 0.15) is 113 Å². The molecule has 0 amide bonds. The van der Waals surface area contributed by atoms with Gasteiger partial charge in [-0.25, -0.2) is 4.79 Å². The van der Waals surface area contributed by atoms with Crippen molar-refractivity contribution in [1.82, 2.24) is 0 Å². The highest BCUT2D eigenvalue weighted by Gasteiger charge is 2.82. The van der Waals surface area contributed by atoms with Gasteiger partial charge in [-0.1, -0.05) is 84.4 Å². The number of hydrogen-bond acceptors (Lipinski definition) is 7. The first-order valence-electron chi connectivity index (χ1n) is 16.1. The number of allylic oxidation sites excluding steroid dienone is 2. The molecule has 0 radical (unpaired) electrons. The lowest BCUT2D eigenvalue weighted by Crippen LogP contribution is -2.59. The van der Waals surface area contributed by atoms with E-state index in [0.717, 1.165) is 19.3 Å². The number of fused-ring (bicyclic) bond motifs is 3. The topological polar surface area (TPSA) is 110 Å². The molecule has 2 saturated carbocycles. The number of ether oxygens (including phenoxy) is 2. The van der Waals surface area contributed by atoms with Crippen LogP contribution in [0.25, 0.3) is 0 Å². The molecule has 2 bridgehead atoms. The van der Waals surface area contributed by atoms with E-state index in [1.54, 1.807) is 32.9 Å². The highest BCUT2D eigenvalue weighted by molar-refractivity contribution is 5.95. The van der Waals surface area contributed by atoms with Gasteiger partial charge in [-0.3, -0.25) is 9.59 Å². The number of esters is 2. The van der Waals surface area contributed by atoms with Crippen molar-refractivity contribution in [3.05, 3.63) is 34.9 Å². The van der Waals surface area contributed by atoms with Crippen LogP contribution < -0.4 is 0 Å². The van der Waals surface area contributed by atoms with Crippen molar-refractivity contribution in [2.75, 3.05) is 6.61 Å². The summed E-state index contributed by atoms with van der Waals surface area (Å²) < 4.78 is 12.0. The fourth-order valence-corrected chi connectivity index (χ4v) is 8.57. The highest BCUT2D eigenvalue weighted by Crippen LogP contribution is 2.75. The first-order valence-corrected chi connectivity index (χ1v) is 16.1. The molecule has 4 rings (SSSR count). The molecule has 2 fully saturated rings. The number of aliphatic hydroxyl groups excluding tert-OH is 1. The Morgan fingerprint density at radius 3 is 2.40 bits per heavy atom. The first kappa shape index (κ1) is 32.7. The maximum Gasteiger partial charge on any atom is 0.333 e. The molecule has 0 heterocycles. The fourth-order valence-electron chi connectivity index (χ4n) is 8.57. The Morgan fingerprint density at radius 2 is 1.76 bits per heavy atom. The van der Waals surface area contributed by atoms with E-state index in [0.29, 0.717) is 29.6 Å². The third-order valence-corrected chi connectivity index (χ3v) is 11.1. The molecule has 42 heavy (non-hydrogen) atoms. The third kappa shape index (κ3) is 5.12. The number of unbranched alkanes of at least 4 members (excludes halogenated alkanes) is 6. The summed E-state index contributed by atoms with van der Waals surface area (Å²) in [5.74, 6) is -2.20. The maximum absolute atomic E-state index is 14.7. The van der Waals surface area contributed by atoms with Crippen molar-refractivity contribution in [3.8, 4) is 0 Å². The minimum Gasteiger partial charge on any atom is -0.458 e. The number of rotatable bonds is 12. The molecular formula is C35H52O7. The summed E-state index contributed by atoms with van der Waals surface area (Å²) in [4.78, 5) is 40.4. The second kappa shape index (κ2) is 12.0. The van der Waals surface area contributed by atoms with Crippen LogP contribution in [0.4, 0.5) is 0 Å². The maximum atomic E-state index is 14.7. The summed E-state index contributed by atoms with van der Waals surface area (Å²) in [5.41, 5.74) is -2.84. The highest BCUT2D eigenvalue weighted by atomic mass is 16.6. The second-order valence-electron chi connectivity index (χ2n) is 14.1. The van der Waals surface area contributed by atoms with Crippen molar-refractivity contribution in [1.29, 1.82) is 0 Å². The Bertz CT molecular complexity index is 1180. The van der Waals surface area contributed by atoms with Gasteiger partial charge in [0.2, 0.25) is 0 Å². The Labute approximate surface area is 251 Å². The molecule has 0 saturated heterocycles. The number of aliphatic hydroxyl groups is 2. The van der Waals surface area contributed by atoms with Gasteiger partial charge in [-0.05, 0) is 50.7 Å². The predicted molar refractivity (Wildman–Crippen MR) is 161 cm³/mol. The minimum atomic E-state index is -1.79. The quantitative estimate of drug-likeness (QED) is 0.122. The molecule has 0 aromatic carbocycles. The van der Waals surface area contributed by atoms with Crippen molar-refractivity contribution in [2.24, 2.45) is 28.6 Å². The van der Waals surface area contributed by atoms with Gasteiger partial charge in [0.05, 0.1) is 5.41 Å². The Balaban J connectivity index is 1.63. The first-order chi connectivity index (χ1) is 19.7. The van der Waals surface area contributed by atoms with Crippen LogP contribution in [0.5, 0.6) is 0 Å². The van der Waals surface area contributed by atoms with Gasteiger partial charge in [-0.2, -0.15) is 0 Å². The van der Waals surface area contributed by atoms with Crippen LogP contribution in [0.15, 0.2) is 34.9 Å². The normalized spacial score (nSPS) is 36.6. The molecule has 4 aliphatic carbocycles. The summed E-state index contributed by atoms with van der Waals surface area (Å²) in [6.07, 6.45) is 12.6. The zero-order valence-corrected chi connectivity index (χ0v) is 26.8. The van der Waals surface area contributed by atoms with Gasteiger partial charge >= 0.3 is 11.9 Å². The summed E-state index contributed by atoms with van der Waals surface area (Å²) >= 11 is 0. The smallest absolute Gasteiger partial charge is 0.333 e. The van der Waals surface area contributed by atoms with E-state index >= 15 is 0 Å². The van der Waals surface area contributed by atoms with E-state index in [9.17, 15) is 24.6 Å². The van der Waals surface area contributed by atoms with E-state index < -0.39 is 45.9 Å². The average molecular weight is 585 g/mol. The molecule has 7 heteroatoms. The van der Waals surface area contributed by atoms with E-state index in [1.807, 2.05) is 13.0 Å². The number of carbonyl (C=O) groups is 3. The predicted octanol–water partition coefficient (Wildman–Crippen LogP) is 6.17. The molecular weight excluding hydrogens is 532 g/mol. The molecule has 0 aliphatic heterocycles. The molecule has 7 atom stereocenters. The molecule has 0 aromatic rings. The summed E-state index contributed by atoms with van der Waals surface area (Å²) in [6.45, 7) is 13.3. The Morgan fingerprint density at radius 1 is 1.12 bits per heavy atom. The molecule has 7 nitrogen and oxygen atoms in total. The Hall–Kier alpha value is -2.25. The van der Waals surface area contributed by atoms with Crippen LogP contribution in [-0.4, -0.2) is 51.8 Å². The van der Waals surface area contributed by atoms with E-state index in [1.165, 1.54) is 25.7 Å². The zero-order chi connectivity index (χ0) is 31.1. The Kier molecular flexibility index (Phi) is 9.36. The third-order valence-electron chi connectivity index (χ3n) is 11.1. The number of carbonyl (C=O) groups excluding carboxylic acids is 3. The number of ketones is 1. The lowest BCUT2D eigenvalue weighted by atomic mass is 9.59. The zero-order valence-electron chi connectivity index (χ0n) is 26.8. The van der Waals surface area contributed by atoms with Crippen LogP contribution in [-0.2, 0) is 23.9 Å². The van der Waals surface area contributed by atoms with Crippen LogP contribution in [0, 0.1) is 28.6 Å². The van der Waals surface area contributed by atoms with E-state index in [2.05, 4.69) is 20.8 Å². The van der Waals surface area contributed by atoms with Crippen molar-refractivity contribution >= 4 is 17.7 Å². The monoisotopic (exact) mass is 584 g/mol. The molecule has 234 valence electrons. The van der Waals surface area contributed by atoms with Gasteiger partial charge in [0.1, 0.15) is 23.9 Å². The molecule has 2 N–H and O–H groups in total. The minimum absolute atomic E-state index is 0.00887. The van der Waals surface area contributed by atoms with Crippen LogP contribution in [0.3, 0.4) is 0 Å². The van der Waals surface area contributed by atoms with E-state index in [-0.39, 0.29) is 30.7 Å². The van der Waals surface area contributed by atoms with Crippen molar-refractivity contribution in [2.45, 2.75) is 130 Å².